The molecule has 0 aliphatic rings. The lowest BCUT2D eigenvalue weighted by molar-refractivity contribution is 0.283. The number of ether oxygens (including phenoxy) is 2. The molecule has 0 aromatic heterocycles. The van der Waals surface area contributed by atoms with Gasteiger partial charge in [-0.05, 0) is 11.6 Å². The molecular weight excluding hydrogens is 238 g/mol. The highest BCUT2D eigenvalue weighted by atomic mass is 16.5. The van der Waals surface area contributed by atoms with Crippen molar-refractivity contribution in [1.82, 2.24) is 0 Å². The number of nitrogens with zero attached hydrogens (tertiary/aromatic N) is 1. The first-order valence-corrected chi connectivity index (χ1v) is 6.04. The van der Waals surface area contributed by atoms with Crippen LogP contribution in [0.15, 0.2) is 48.5 Å². The molecular formula is C16H15NO2. The zero-order valence-corrected chi connectivity index (χ0v) is 10.8. The van der Waals surface area contributed by atoms with Crippen molar-refractivity contribution in [3.63, 3.8) is 0 Å². The molecule has 0 unspecified atom stereocenters. The van der Waals surface area contributed by atoms with Gasteiger partial charge < -0.3 is 9.47 Å². The molecule has 0 aliphatic carbocycles. The van der Waals surface area contributed by atoms with Gasteiger partial charge in [0.25, 0.3) is 0 Å². The van der Waals surface area contributed by atoms with Gasteiger partial charge in [-0.1, -0.05) is 42.5 Å². The van der Waals surface area contributed by atoms with Crippen molar-refractivity contribution in [2.75, 3.05) is 7.11 Å². The Hall–Kier alpha value is -2.47. The lowest BCUT2D eigenvalue weighted by Gasteiger charge is -2.13. The SMILES string of the molecule is COc1c(CC#N)cccc1OCc1ccccc1. The molecule has 0 heterocycles. The Kier molecular flexibility index (Phi) is 4.41. The number of para-hydroxylation sites is 1. The zero-order chi connectivity index (χ0) is 13.5. The lowest BCUT2D eigenvalue weighted by atomic mass is 10.1. The predicted molar refractivity (Wildman–Crippen MR) is 73.1 cm³/mol. The van der Waals surface area contributed by atoms with Gasteiger partial charge in [-0.15, -0.1) is 0 Å². The first kappa shape index (κ1) is 13.0. The summed E-state index contributed by atoms with van der Waals surface area (Å²) in [6, 6.07) is 17.6. The topological polar surface area (TPSA) is 42.2 Å². The van der Waals surface area contributed by atoms with E-state index in [2.05, 4.69) is 6.07 Å². The number of rotatable bonds is 5. The van der Waals surface area contributed by atoms with E-state index in [0.29, 0.717) is 24.5 Å². The average molecular weight is 253 g/mol. The van der Waals surface area contributed by atoms with E-state index in [1.54, 1.807) is 7.11 Å². The third-order valence-electron chi connectivity index (χ3n) is 2.77. The monoisotopic (exact) mass is 253 g/mol. The summed E-state index contributed by atoms with van der Waals surface area (Å²) in [7, 11) is 1.59. The molecule has 0 bridgehead atoms. The second kappa shape index (κ2) is 6.46. The third-order valence-corrected chi connectivity index (χ3v) is 2.77. The Morgan fingerprint density at radius 1 is 1.05 bits per heavy atom. The molecule has 2 aromatic carbocycles. The van der Waals surface area contributed by atoms with Gasteiger partial charge in [0.1, 0.15) is 6.61 Å². The second-order valence-corrected chi connectivity index (χ2v) is 4.06. The van der Waals surface area contributed by atoms with Gasteiger partial charge in [0.05, 0.1) is 19.6 Å². The molecule has 0 aliphatic heterocycles. The summed E-state index contributed by atoms with van der Waals surface area (Å²) in [4.78, 5) is 0. The number of hydrogen-bond donors (Lipinski definition) is 0. The Morgan fingerprint density at radius 3 is 2.53 bits per heavy atom. The maximum atomic E-state index is 8.79. The summed E-state index contributed by atoms with van der Waals surface area (Å²) in [6.07, 6.45) is 0.311. The fourth-order valence-electron chi connectivity index (χ4n) is 1.87. The zero-order valence-electron chi connectivity index (χ0n) is 10.8. The maximum Gasteiger partial charge on any atom is 0.164 e. The van der Waals surface area contributed by atoms with E-state index in [-0.39, 0.29) is 0 Å². The van der Waals surface area contributed by atoms with Crippen LogP contribution in [0.2, 0.25) is 0 Å². The van der Waals surface area contributed by atoms with E-state index in [1.165, 1.54) is 0 Å². The van der Waals surface area contributed by atoms with Crippen molar-refractivity contribution in [1.29, 1.82) is 5.26 Å². The van der Waals surface area contributed by atoms with E-state index in [4.69, 9.17) is 14.7 Å². The van der Waals surface area contributed by atoms with Crippen LogP contribution in [-0.4, -0.2) is 7.11 Å². The van der Waals surface area contributed by atoms with E-state index < -0.39 is 0 Å². The minimum Gasteiger partial charge on any atom is -0.493 e. The number of hydrogen-bond acceptors (Lipinski definition) is 3. The first-order chi connectivity index (χ1) is 9.35. The summed E-state index contributed by atoms with van der Waals surface area (Å²) < 4.78 is 11.1. The molecule has 0 fully saturated rings. The molecule has 0 saturated heterocycles. The van der Waals surface area contributed by atoms with E-state index in [9.17, 15) is 0 Å². The molecule has 2 aromatic rings. The van der Waals surface area contributed by atoms with Gasteiger partial charge in [0.2, 0.25) is 0 Å². The number of benzene rings is 2. The minimum absolute atomic E-state index is 0.311. The molecule has 3 nitrogen and oxygen atoms in total. The van der Waals surface area contributed by atoms with Crippen LogP contribution >= 0.6 is 0 Å². The summed E-state index contributed by atoms with van der Waals surface area (Å²) in [5, 5.41) is 8.79. The summed E-state index contributed by atoms with van der Waals surface area (Å²) in [5.41, 5.74) is 1.94. The van der Waals surface area contributed by atoms with Crippen LogP contribution in [0.4, 0.5) is 0 Å². The molecule has 3 heteroatoms. The normalized spacial score (nSPS) is 9.68. The standard InChI is InChI=1S/C16H15NO2/c1-18-16-14(10-11-17)8-5-9-15(16)19-12-13-6-3-2-4-7-13/h2-9H,10,12H2,1H3. The highest BCUT2D eigenvalue weighted by Crippen LogP contribution is 2.31. The Morgan fingerprint density at radius 2 is 1.84 bits per heavy atom. The molecule has 96 valence electrons. The highest BCUT2D eigenvalue weighted by Gasteiger charge is 2.09. The molecule has 0 amide bonds. The summed E-state index contributed by atoms with van der Waals surface area (Å²) in [5.74, 6) is 1.30. The van der Waals surface area contributed by atoms with Gasteiger partial charge in [0.15, 0.2) is 11.5 Å². The molecule has 0 radical (unpaired) electrons. The van der Waals surface area contributed by atoms with Gasteiger partial charge in [0, 0.05) is 5.56 Å². The third kappa shape index (κ3) is 3.26. The average Bonchev–Trinajstić information content (AvgIpc) is 2.46. The molecule has 0 spiro atoms. The Bertz CT molecular complexity index is 573. The molecule has 0 saturated carbocycles. The fourth-order valence-corrected chi connectivity index (χ4v) is 1.87. The van der Waals surface area contributed by atoms with Crippen molar-refractivity contribution in [2.24, 2.45) is 0 Å². The van der Waals surface area contributed by atoms with E-state index >= 15 is 0 Å². The Labute approximate surface area is 113 Å². The van der Waals surface area contributed by atoms with Gasteiger partial charge in [-0.25, -0.2) is 0 Å². The quantitative estimate of drug-likeness (QED) is 0.820. The smallest absolute Gasteiger partial charge is 0.164 e. The summed E-state index contributed by atoms with van der Waals surface area (Å²) >= 11 is 0. The van der Waals surface area contributed by atoms with Crippen LogP contribution in [0.1, 0.15) is 11.1 Å². The first-order valence-electron chi connectivity index (χ1n) is 6.04. The van der Waals surface area contributed by atoms with E-state index in [1.807, 2.05) is 48.5 Å². The fraction of sp³-hybridized carbons (Fsp3) is 0.188. The van der Waals surface area contributed by atoms with Crippen molar-refractivity contribution in [3.05, 3.63) is 59.7 Å². The minimum atomic E-state index is 0.311. The van der Waals surface area contributed by atoms with Gasteiger partial charge in [-0.3, -0.25) is 0 Å². The molecule has 0 atom stereocenters. The van der Waals surface area contributed by atoms with Crippen LogP contribution < -0.4 is 9.47 Å². The van der Waals surface area contributed by atoms with Crippen LogP contribution in [0.25, 0.3) is 0 Å². The van der Waals surface area contributed by atoms with Crippen LogP contribution in [0.5, 0.6) is 11.5 Å². The number of methoxy groups -OCH3 is 1. The van der Waals surface area contributed by atoms with Crippen LogP contribution in [-0.2, 0) is 13.0 Å². The summed E-state index contributed by atoms with van der Waals surface area (Å²) in [6.45, 7) is 0.479. The van der Waals surface area contributed by atoms with Gasteiger partial charge >= 0.3 is 0 Å². The predicted octanol–water partition coefficient (Wildman–Crippen LogP) is 3.34. The largest absolute Gasteiger partial charge is 0.493 e. The van der Waals surface area contributed by atoms with Crippen molar-refractivity contribution in [3.8, 4) is 17.6 Å². The Balaban J connectivity index is 2.16. The number of nitriles is 1. The van der Waals surface area contributed by atoms with Crippen LogP contribution in [0, 0.1) is 11.3 Å². The van der Waals surface area contributed by atoms with Crippen molar-refractivity contribution in [2.45, 2.75) is 13.0 Å². The van der Waals surface area contributed by atoms with Crippen molar-refractivity contribution >= 4 is 0 Å². The molecule has 0 N–H and O–H groups in total. The maximum absolute atomic E-state index is 8.79. The second-order valence-electron chi connectivity index (χ2n) is 4.06. The molecule has 2 rings (SSSR count). The molecule has 19 heavy (non-hydrogen) atoms. The van der Waals surface area contributed by atoms with Gasteiger partial charge in [-0.2, -0.15) is 5.26 Å². The van der Waals surface area contributed by atoms with Crippen molar-refractivity contribution < 1.29 is 9.47 Å². The van der Waals surface area contributed by atoms with E-state index in [0.717, 1.165) is 11.1 Å². The van der Waals surface area contributed by atoms with Crippen LogP contribution in [0.3, 0.4) is 0 Å². The highest BCUT2D eigenvalue weighted by molar-refractivity contribution is 5.47. The lowest BCUT2D eigenvalue weighted by Crippen LogP contribution is -1.99.